The van der Waals surface area contributed by atoms with Crippen LogP contribution in [0.4, 0.5) is 0 Å². The summed E-state index contributed by atoms with van der Waals surface area (Å²) in [5.74, 6) is 1.50. The fourth-order valence-electron chi connectivity index (χ4n) is 2.36. The molecule has 0 atom stereocenters. The Morgan fingerprint density at radius 2 is 2.00 bits per heavy atom. The molecule has 2 aliphatic rings. The van der Waals surface area contributed by atoms with Crippen molar-refractivity contribution in [2.24, 2.45) is 0 Å². The maximum absolute atomic E-state index is 6.22. The molecule has 0 bridgehead atoms. The molecule has 0 aromatic heterocycles. The third-order valence-electron chi connectivity index (χ3n) is 3.56. The van der Waals surface area contributed by atoms with Crippen LogP contribution in [-0.2, 0) is 6.42 Å². The van der Waals surface area contributed by atoms with Crippen molar-refractivity contribution in [2.45, 2.75) is 38.1 Å². The van der Waals surface area contributed by atoms with Gasteiger partial charge in [0, 0.05) is 6.04 Å². The third-order valence-corrected chi connectivity index (χ3v) is 3.84. The summed E-state index contributed by atoms with van der Waals surface area (Å²) in [7, 11) is 0. The molecule has 104 valence electrons. The Labute approximate surface area is 119 Å². The maximum Gasteiger partial charge on any atom is 0.179 e. The molecule has 0 spiro atoms. The van der Waals surface area contributed by atoms with Crippen LogP contribution < -0.4 is 14.8 Å². The second-order valence-electron chi connectivity index (χ2n) is 5.29. The molecule has 1 N–H and O–H groups in total. The first-order valence-electron chi connectivity index (χ1n) is 7.14. The smallest absolute Gasteiger partial charge is 0.179 e. The summed E-state index contributed by atoms with van der Waals surface area (Å²) in [5.41, 5.74) is 1.24. The summed E-state index contributed by atoms with van der Waals surface area (Å²) < 4.78 is 11.1. The van der Waals surface area contributed by atoms with Gasteiger partial charge in [0.25, 0.3) is 0 Å². The van der Waals surface area contributed by atoms with Gasteiger partial charge in [-0.05, 0) is 56.3 Å². The third kappa shape index (κ3) is 3.54. The van der Waals surface area contributed by atoms with Crippen molar-refractivity contribution in [3.8, 4) is 11.5 Å². The van der Waals surface area contributed by atoms with Crippen LogP contribution in [0.25, 0.3) is 0 Å². The van der Waals surface area contributed by atoms with Gasteiger partial charge >= 0.3 is 0 Å². The minimum atomic E-state index is 0.582. The fourth-order valence-corrected chi connectivity index (χ4v) is 2.64. The molecule has 3 rings (SSSR count). The minimum Gasteiger partial charge on any atom is -0.486 e. The molecule has 1 aromatic carbocycles. The zero-order valence-corrected chi connectivity index (χ0v) is 11.8. The number of halogens is 1. The lowest BCUT2D eigenvalue weighted by atomic mass is 10.1. The normalized spacial score (nSPS) is 17.5. The number of nitrogens with one attached hydrogen (secondary N) is 1. The molecule has 1 fully saturated rings. The molecule has 1 aliphatic heterocycles. The van der Waals surface area contributed by atoms with Crippen LogP contribution in [0.3, 0.4) is 0 Å². The van der Waals surface area contributed by atoms with E-state index in [2.05, 4.69) is 11.4 Å². The number of benzene rings is 1. The van der Waals surface area contributed by atoms with Crippen molar-refractivity contribution in [2.75, 3.05) is 19.8 Å². The lowest BCUT2D eigenvalue weighted by molar-refractivity contribution is 0.171. The van der Waals surface area contributed by atoms with Crippen LogP contribution in [0.2, 0.25) is 5.02 Å². The van der Waals surface area contributed by atoms with Gasteiger partial charge in [0.15, 0.2) is 11.5 Å². The van der Waals surface area contributed by atoms with Gasteiger partial charge in [-0.15, -0.1) is 0 Å². The van der Waals surface area contributed by atoms with E-state index >= 15 is 0 Å². The van der Waals surface area contributed by atoms with Gasteiger partial charge in [-0.25, -0.2) is 0 Å². The predicted molar refractivity (Wildman–Crippen MR) is 76.4 cm³/mol. The Morgan fingerprint density at radius 3 is 2.84 bits per heavy atom. The maximum atomic E-state index is 6.22. The highest BCUT2D eigenvalue weighted by Gasteiger charge is 2.19. The molecule has 1 heterocycles. The predicted octanol–water partition coefficient (Wildman–Crippen LogP) is 3.19. The second-order valence-corrected chi connectivity index (χ2v) is 5.69. The first-order chi connectivity index (χ1) is 9.33. The van der Waals surface area contributed by atoms with Crippen molar-refractivity contribution in [1.82, 2.24) is 5.32 Å². The minimum absolute atomic E-state index is 0.582. The molecule has 0 radical (unpaired) electrons. The zero-order valence-electron chi connectivity index (χ0n) is 11.1. The van der Waals surface area contributed by atoms with Crippen LogP contribution in [-0.4, -0.2) is 25.8 Å². The van der Waals surface area contributed by atoms with E-state index < -0.39 is 0 Å². The highest BCUT2D eigenvalue weighted by Crippen LogP contribution is 2.38. The van der Waals surface area contributed by atoms with Crippen molar-refractivity contribution in [1.29, 1.82) is 0 Å². The molecular formula is C15H20ClNO2. The van der Waals surface area contributed by atoms with E-state index in [0.29, 0.717) is 24.0 Å². The van der Waals surface area contributed by atoms with Crippen LogP contribution in [0, 0.1) is 0 Å². The molecule has 4 heteroatoms. The van der Waals surface area contributed by atoms with Crippen molar-refractivity contribution >= 4 is 11.6 Å². The van der Waals surface area contributed by atoms with E-state index in [0.717, 1.165) is 24.8 Å². The summed E-state index contributed by atoms with van der Waals surface area (Å²) in [6.07, 6.45) is 6.15. The van der Waals surface area contributed by atoms with Gasteiger partial charge in [0.05, 0.1) is 5.02 Å². The number of rotatable bonds is 6. The first kappa shape index (κ1) is 13.1. The molecule has 0 saturated heterocycles. The van der Waals surface area contributed by atoms with Crippen molar-refractivity contribution in [3.05, 3.63) is 22.7 Å². The van der Waals surface area contributed by atoms with Gasteiger partial charge in [0.1, 0.15) is 13.2 Å². The van der Waals surface area contributed by atoms with Gasteiger partial charge in [-0.3, -0.25) is 0 Å². The Kier molecular flexibility index (Phi) is 4.14. The number of hydrogen-bond acceptors (Lipinski definition) is 3. The van der Waals surface area contributed by atoms with Crippen LogP contribution in [0.5, 0.6) is 11.5 Å². The molecule has 19 heavy (non-hydrogen) atoms. The van der Waals surface area contributed by atoms with Gasteiger partial charge < -0.3 is 14.8 Å². The van der Waals surface area contributed by atoms with E-state index in [1.165, 1.54) is 31.2 Å². The van der Waals surface area contributed by atoms with Gasteiger partial charge in [-0.1, -0.05) is 11.6 Å². The average Bonchev–Trinajstić information content (AvgIpc) is 3.23. The number of fused-ring (bicyclic) bond motifs is 1. The largest absolute Gasteiger partial charge is 0.486 e. The number of aryl methyl sites for hydroxylation is 1. The Morgan fingerprint density at radius 1 is 1.16 bits per heavy atom. The summed E-state index contributed by atoms with van der Waals surface area (Å²) >= 11 is 6.22. The van der Waals surface area contributed by atoms with Crippen LogP contribution in [0.1, 0.15) is 31.2 Å². The fraction of sp³-hybridized carbons (Fsp3) is 0.600. The SMILES string of the molecule is Clc1cc(CCCCNC2CC2)cc2c1OCCO2. The van der Waals surface area contributed by atoms with E-state index in [4.69, 9.17) is 21.1 Å². The molecule has 0 amide bonds. The lowest BCUT2D eigenvalue weighted by Crippen LogP contribution is -2.17. The molecule has 1 aliphatic carbocycles. The summed E-state index contributed by atoms with van der Waals surface area (Å²) in [6.45, 7) is 2.32. The Balaban J connectivity index is 1.50. The quantitative estimate of drug-likeness (QED) is 0.813. The summed E-state index contributed by atoms with van der Waals surface area (Å²) in [6, 6.07) is 4.88. The first-order valence-corrected chi connectivity index (χ1v) is 7.52. The molecule has 1 aromatic rings. The summed E-state index contributed by atoms with van der Waals surface area (Å²) in [4.78, 5) is 0. The molecule has 3 nitrogen and oxygen atoms in total. The highest BCUT2D eigenvalue weighted by atomic mass is 35.5. The second kappa shape index (κ2) is 6.02. The number of ether oxygens (including phenoxy) is 2. The van der Waals surface area contributed by atoms with Gasteiger partial charge in [-0.2, -0.15) is 0 Å². The molecular weight excluding hydrogens is 262 g/mol. The topological polar surface area (TPSA) is 30.5 Å². The van der Waals surface area contributed by atoms with Gasteiger partial charge in [0.2, 0.25) is 0 Å². The Bertz CT molecular complexity index is 446. The summed E-state index contributed by atoms with van der Waals surface area (Å²) in [5, 5.41) is 4.20. The lowest BCUT2D eigenvalue weighted by Gasteiger charge is -2.20. The number of hydrogen-bond donors (Lipinski definition) is 1. The van der Waals surface area contributed by atoms with Crippen molar-refractivity contribution in [3.63, 3.8) is 0 Å². The Hall–Kier alpha value is -0.930. The highest BCUT2D eigenvalue weighted by molar-refractivity contribution is 6.32. The van der Waals surface area contributed by atoms with E-state index in [9.17, 15) is 0 Å². The zero-order chi connectivity index (χ0) is 13.1. The number of unbranched alkanes of at least 4 members (excludes halogenated alkanes) is 1. The molecule has 1 saturated carbocycles. The van der Waals surface area contributed by atoms with Crippen LogP contribution in [0.15, 0.2) is 12.1 Å². The average molecular weight is 282 g/mol. The van der Waals surface area contributed by atoms with E-state index in [-0.39, 0.29) is 0 Å². The molecule has 0 unspecified atom stereocenters. The van der Waals surface area contributed by atoms with E-state index in [1.54, 1.807) is 0 Å². The monoisotopic (exact) mass is 281 g/mol. The standard InChI is InChI=1S/C15H20ClNO2/c16-13-9-11(3-1-2-6-17-12-4-5-12)10-14-15(13)19-8-7-18-14/h9-10,12,17H,1-8H2. The van der Waals surface area contributed by atoms with E-state index in [1.807, 2.05) is 6.07 Å². The van der Waals surface area contributed by atoms with Crippen molar-refractivity contribution < 1.29 is 9.47 Å². The van der Waals surface area contributed by atoms with Crippen LogP contribution >= 0.6 is 11.6 Å².